The van der Waals surface area contributed by atoms with Gasteiger partial charge in [0.2, 0.25) is 0 Å². The number of aryl methyl sites for hydroxylation is 1. The smallest absolute Gasteiger partial charge is 0.261 e. The van der Waals surface area contributed by atoms with Crippen molar-refractivity contribution in [1.82, 2.24) is 14.5 Å². The van der Waals surface area contributed by atoms with Gasteiger partial charge in [-0.15, -0.1) is 0 Å². The minimum Gasteiger partial charge on any atom is -0.381 e. The van der Waals surface area contributed by atoms with Crippen molar-refractivity contribution < 1.29 is 4.74 Å². The third kappa shape index (κ3) is 3.84. The van der Waals surface area contributed by atoms with Crippen molar-refractivity contribution in [3.8, 4) is 0 Å². The summed E-state index contributed by atoms with van der Waals surface area (Å²) in [5.74, 6) is 2.10. The summed E-state index contributed by atoms with van der Waals surface area (Å²) in [4.78, 5) is 20.1. The summed E-state index contributed by atoms with van der Waals surface area (Å²) >= 11 is 0. The normalized spacial score (nSPS) is 22.7. The molecule has 0 radical (unpaired) electrons. The van der Waals surface area contributed by atoms with Gasteiger partial charge in [-0.05, 0) is 69.7 Å². The van der Waals surface area contributed by atoms with E-state index in [2.05, 4.69) is 9.88 Å². The van der Waals surface area contributed by atoms with Crippen LogP contribution < -0.4 is 5.56 Å². The van der Waals surface area contributed by atoms with Crippen LogP contribution in [0.15, 0.2) is 29.1 Å². The second kappa shape index (κ2) is 7.89. The fourth-order valence-corrected chi connectivity index (χ4v) is 4.42. The highest BCUT2D eigenvalue weighted by molar-refractivity contribution is 5.77. The summed E-state index contributed by atoms with van der Waals surface area (Å²) in [6.07, 6.45) is 4.83. The number of nitrogens with zero attached hydrogens (tertiary/aromatic N) is 3. The molecular weight excluding hydrogens is 326 g/mol. The van der Waals surface area contributed by atoms with E-state index in [1.165, 1.54) is 19.4 Å². The predicted molar refractivity (Wildman–Crippen MR) is 103 cm³/mol. The molecule has 0 saturated carbocycles. The zero-order valence-electron chi connectivity index (χ0n) is 15.7. The number of fused-ring (bicyclic) bond motifs is 1. The average molecular weight is 355 g/mol. The minimum absolute atomic E-state index is 0.106. The summed E-state index contributed by atoms with van der Waals surface area (Å²) in [5.41, 5.74) is 0.908. The Morgan fingerprint density at radius 3 is 2.69 bits per heavy atom. The summed E-state index contributed by atoms with van der Waals surface area (Å²) in [6.45, 7) is 8.05. The molecular formula is C21H29N3O2. The van der Waals surface area contributed by atoms with Gasteiger partial charge < -0.3 is 9.64 Å². The van der Waals surface area contributed by atoms with E-state index >= 15 is 0 Å². The molecule has 0 spiro atoms. The number of rotatable bonds is 4. The molecule has 2 aromatic rings. The van der Waals surface area contributed by atoms with E-state index in [1.54, 1.807) is 0 Å². The number of piperidine rings is 1. The first kappa shape index (κ1) is 17.7. The highest BCUT2D eigenvalue weighted by Crippen LogP contribution is 2.22. The predicted octanol–water partition coefficient (Wildman–Crippen LogP) is 2.84. The lowest BCUT2D eigenvalue weighted by atomic mass is 9.94. The fourth-order valence-electron chi connectivity index (χ4n) is 4.42. The number of hydrogen-bond donors (Lipinski definition) is 0. The lowest BCUT2D eigenvalue weighted by molar-refractivity contribution is 0.0320. The molecule has 4 rings (SSSR count). The largest absolute Gasteiger partial charge is 0.381 e. The maximum Gasteiger partial charge on any atom is 0.261 e. The lowest BCUT2D eigenvalue weighted by Gasteiger charge is -2.35. The van der Waals surface area contributed by atoms with Crippen LogP contribution in [-0.4, -0.2) is 47.3 Å². The Morgan fingerprint density at radius 2 is 1.92 bits per heavy atom. The molecule has 26 heavy (non-hydrogen) atoms. The summed E-state index contributed by atoms with van der Waals surface area (Å²) in [7, 11) is 0. The molecule has 2 aliphatic heterocycles. The number of ether oxygens (including phenoxy) is 1. The van der Waals surface area contributed by atoms with Gasteiger partial charge in [0.25, 0.3) is 5.56 Å². The summed E-state index contributed by atoms with van der Waals surface area (Å²) in [5, 5.41) is 0.729. The van der Waals surface area contributed by atoms with Crippen LogP contribution >= 0.6 is 0 Å². The monoisotopic (exact) mass is 355 g/mol. The van der Waals surface area contributed by atoms with Crippen LogP contribution in [0, 0.1) is 18.8 Å². The summed E-state index contributed by atoms with van der Waals surface area (Å²) < 4.78 is 7.50. The van der Waals surface area contributed by atoms with E-state index in [0.717, 1.165) is 62.4 Å². The Bertz CT molecular complexity index is 802. The van der Waals surface area contributed by atoms with Gasteiger partial charge in [0, 0.05) is 19.7 Å². The van der Waals surface area contributed by atoms with Gasteiger partial charge in [0.15, 0.2) is 0 Å². The molecule has 0 amide bonds. The number of benzene rings is 1. The summed E-state index contributed by atoms with van der Waals surface area (Å²) in [6, 6.07) is 7.65. The second-order valence-corrected chi connectivity index (χ2v) is 7.92. The maximum atomic E-state index is 12.8. The molecule has 5 nitrogen and oxygen atoms in total. The molecule has 0 bridgehead atoms. The molecule has 0 N–H and O–H groups in total. The van der Waals surface area contributed by atoms with Crippen molar-refractivity contribution in [3.63, 3.8) is 0 Å². The molecule has 140 valence electrons. The lowest BCUT2D eigenvalue weighted by Crippen LogP contribution is -2.40. The van der Waals surface area contributed by atoms with Crippen molar-refractivity contribution in [2.24, 2.45) is 11.8 Å². The van der Waals surface area contributed by atoms with E-state index in [1.807, 2.05) is 35.8 Å². The third-order valence-corrected chi connectivity index (χ3v) is 5.97. The first-order valence-electron chi connectivity index (χ1n) is 9.97. The van der Waals surface area contributed by atoms with Crippen molar-refractivity contribution in [3.05, 3.63) is 40.4 Å². The zero-order valence-corrected chi connectivity index (χ0v) is 15.7. The second-order valence-electron chi connectivity index (χ2n) is 7.92. The Hall–Kier alpha value is -1.72. The van der Waals surface area contributed by atoms with Crippen LogP contribution in [0.5, 0.6) is 0 Å². The highest BCUT2D eigenvalue weighted by Gasteiger charge is 2.24. The van der Waals surface area contributed by atoms with Crippen molar-refractivity contribution >= 4 is 10.9 Å². The van der Waals surface area contributed by atoms with Crippen molar-refractivity contribution in [2.75, 3.05) is 32.8 Å². The van der Waals surface area contributed by atoms with Gasteiger partial charge in [-0.25, -0.2) is 4.98 Å². The van der Waals surface area contributed by atoms with E-state index in [0.29, 0.717) is 11.8 Å². The molecule has 0 aliphatic carbocycles. The average Bonchev–Trinajstić information content (AvgIpc) is 2.67. The van der Waals surface area contributed by atoms with Gasteiger partial charge in [0.1, 0.15) is 5.82 Å². The first-order valence-corrected chi connectivity index (χ1v) is 9.97. The van der Waals surface area contributed by atoms with E-state index in [9.17, 15) is 4.79 Å². The van der Waals surface area contributed by atoms with Crippen molar-refractivity contribution in [2.45, 2.75) is 39.2 Å². The molecule has 1 aromatic heterocycles. The Balaban J connectivity index is 1.38. The van der Waals surface area contributed by atoms with Crippen LogP contribution in [0.3, 0.4) is 0 Å². The van der Waals surface area contributed by atoms with Gasteiger partial charge >= 0.3 is 0 Å². The van der Waals surface area contributed by atoms with Gasteiger partial charge in [0.05, 0.1) is 17.5 Å². The topological polar surface area (TPSA) is 47.4 Å². The molecule has 1 unspecified atom stereocenters. The van der Waals surface area contributed by atoms with Crippen LogP contribution in [0.4, 0.5) is 0 Å². The molecule has 1 aromatic carbocycles. The molecule has 2 aliphatic rings. The number of para-hydroxylation sites is 1. The fraction of sp³-hybridized carbons (Fsp3) is 0.619. The molecule has 5 heteroatoms. The quantitative estimate of drug-likeness (QED) is 0.846. The van der Waals surface area contributed by atoms with Crippen LogP contribution in [-0.2, 0) is 11.3 Å². The standard InChI is InChI=1S/C21H29N3O2/c1-16-22-20-7-3-2-6-19(20)21(25)24(16)14-17-8-10-23(11-9-17)13-18-5-4-12-26-15-18/h2-3,6-7,17-18H,4-5,8-15H2,1H3. The Kier molecular flexibility index (Phi) is 5.36. The maximum absolute atomic E-state index is 12.8. The van der Waals surface area contributed by atoms with E-state index in [4.69, 9.17) is 4.74 Å². The van der Waals surface area contributed by atoms with Crippen LogP contribution in [0.25, 0.3) is 10.9 Å². The Labute approximate surface area is 155 Å². The van der Waals surface area contributed by atoms with Gasteiger partial charge in [-0.2, -0.15) is 0 Å². The molecule has 2 saturated heterocycles. The number of aromatic nitrogens is 2. The van der Waals surface area contributed by atoms with E-state index in [-0.39, 0.29) is 5.56 Å². The number of hydrogen-bond acceptors (Lipinski definition) is 4. The highest BCUT2D eigenvalue weighted by atomic mass is 16.5. The van der Waals surface area contributed by atoms with Gasteiger partial charge in [-0.1, -0.05) is 12.1 Å². The first-order chi connectivity index (χ1) is 12.7. The number of likely N-dealkylation sites (tertiary alicyclic amines) is 1. The SMILES string of the molecule is Cc1nc2ccccc2c(=O)n1CC1CCN(CC2CCCOC2)CC1. The van der Waals surface area contributed by atoms with Crippen LogP contribution in [0.2, 0.25) is 0 Å². The zero-order chi connectivity index (χ0) is 17.9. The Morgan fingerprint density at radius 1 is 1.12 bits per heavy atom. The minimum atomic E-state index is 0.106. The molecule has 2 fully saturated rings. The van der Waals surface area contributed by atoms with Crippen molar-refractivity contribution in [1.29, 1.82) is 0 Å². The molecule has 3 heterocycles. The van der Waals surface area contributed by atoms with Crippen LogP contribution in [0.1, 0.15) is 31.5 Å². The van der Waals surface area contributed by atoms with E-state index < -0.39 is 0 Å². The molecule has 1 atom stereocenters. The third-order valence-electron chi connectivity index (χ3n) is 5.97. The van der Waals surface area contributed by atoms with Gasteiger partial charge in [-0.3, -0.25) is 9.36 Å².